The molecule has 4 aromatic rings. The molecule has 0 atom stereocenters. The number of ether oxygens (including phenoxy) is 1. The number of rotatable bonds is 9. The Morgan fingerprint density at radius 1 is 0.850 bits per heavy atom. The molecule has 0 spiro atoms. The molecule has 0 radical (unpaired) electrons. The topological polar surface area (TPSA) is 114 Å². The molecule has 8 nitrogen and oxygen atoms in total. The first kappa shape index (κ1) is 26.7. The van der Waals surface area contributed by atoms with Crippen molar-refractivity contribution < 1.29 is 22.7 Å². The zero-order valence-electron chi connectivity index (χ0n) is 21.7. The van der Waals surface area contributed by atoms with Gasteiger partial charge in [-0.2, -0.15) is 0 Å². The second-order valence-corrected chi connectivity index (χ2v) is 10.7. The normalized spacial score (nSPS) is 13.7. The first-order chi connectivity index (χ1) is 19.3. The molecule has 202 valence electrons. The van der Waals surface area contributed by atoms with Crippen LogP contribution in [0.4, 0.5) is 17.1 Å². The van der Waals surface area contributed by atoms with Crippen LogP contribution < -0.4 is 15.4 Å². The van der Waals surface area contributed by atoms with E-state index in [2.05, 4.69) is 15.4 Å². The van der Waals surface area contributed by atoms with E-state index in [-0.39, 0.29) is 23.2 Å². The van der Waals surface area contributed by atoms with Crippen molar-refractivity contribution in [2.75, 3.05) is 22.0 Å². The molecule has 1 aliphatic heterocycles. The summed E-state index contributed by atoms with van der Waals surface area (Å²) in [6.45, 7) is 2.09. The lowest BCUT2D eigenvalue weighted by Crippen LogP contribution is -2.13. The number of amides is 1. The number of fused-ring (bicyclic) bond motifs is 1. The third-order valence-corrected chi connectivity index (χ3v) is 7.66. The molecule has 0 fully saturated rings. The van der Waals surface area contributed by atoms with E-state index in [1.807, 2.05) is 54.6 Å². The number of anilines is 3. The summed E-state index contributed by atoms with van der Waals surface area (Å²) in [5.41, 5.74) is 4.67. The van der Waals surface area contributed by atoms with Crippen LogP contribution in [-0.2, 0) is 30.8 Å². The minimum atomic E-state index is -3.82. The maximum absolute atomic E-state index is 13.3. The molecule has 5 rings (SSSR count). The predicted octanol–water partition coefficient (Wildman–Crippen LogP) is 5.53. The van der Waals surface area contributed by atoms with Gasteiger partial charge in [0, 0.05) is 22.6 Å². The third-order valence-electron chi connectivity index (χ3n) is 6.26. The number of sulfonamides is 1. The lowest BCUT2D eigenvalue weighted by molar-refractivity contribution is -0.142. The van der Waals surface area contributed by atoms with Crippen LogP contribution in [0.3, 0.4) is 0 Å². The van der Waals surface area contributed by atoms with Crippen molar-refractivity contribution in [1.29, 1.82) is 0 Å². The van der Waals surface area contributed by atoms with Gasteiger partial charge in [0.2, 0.25) is 0 Å². The summed E-state index contributed by atoms with van der Waals surface area (Å²) in [4.78, 5) is 25.3. The minimum Gasteiger partial charge on any atom is -0.466 e. The summed E-state index contributed by atoms with van der Waals surface area (Å²) in [7, 11) is -3.82. The van der Waals surface area contributed by atoms with Crippen LogP contribution in [-0.4, -0.2) is 26.9 Å². The Bertz CT molecular complexity index is 1680. The van der Waals surface area contributed by atoms with Gasteiger partial charge in [0.1, 0.15) is 0 Å². The lowest BCUT2D eigenvalue weighted by Gasteiger charge is -2.16. The van der Waals surface area contributed by atoms with E-state index >= 15 is 0 Å². The Morgan fingerprint density at radius 3 is 2.17 bits per heavy atom. The van der Waals surface area contributed by atoms with Crippen molar-refractivity contribution >= 4 is 50.2 Å². The van der Waals surface area contributed by atoms with Crippen molar-refractivity contribution in [2.24, 2.45) is 0 Å². The van der Waals surface area contributed by atoms with Gasteiger partial charge in [-0.05, 0) is 60.5 Å². The van der Waals surface area contributed by atoms with E-state index in [0.29, 0.717) is 40.5 Å². The number of benzene rings is 4. The maximum atomic E-state index is 13.3. The average molecular weight is 554 g/mol. The predicted molar refractivity (Wildman–Crippen MR) is 156 cm³/mol. The number of esters is 1. The van der Waals surface area contributed by atoms with Crippen molar-refractivity contribution in [1.82, 2.24) is 0 Å². The van der Waals surface area contributed by atoms with Gasteiger partial charge in [0.05, 0.1) is 29.2 Å². The zero-order valence-corrected chi connectivity index (χ0v) is 22.5. The monoisotopic (exact) mass is 553 g/mol. The lowest BCUT2D eigenvalue weighted by atomic mass is 9.99. The summed E-state index contributed by atoms with van der Waals surface area (Å²) >= 11 is 0. The molecule has 0 aliphatic carbocycles. The number of hydrogen-bond donors (Lipinski definition) is 3. The van der Waals surface area contributed by atoms with E-state index < -0.39 is 10.0 Å². The van der Waals surface area contributed by atoms with Crippen LogP contribution in [0, 0.1) is 0 Å². The van der Waals surface area contributed by atoms with E-state index in [4.69, 9.17) is 4.74 Å². The molecule has 9 heteroatoms. The van der Waals surface area contributed by atoms with E-state index in [0.717, 1.165) is 11.1 Å². The largest absolute Gasteiger partial charge is 0.466 e. The number of carbonyl (C=O) groups excluding carboxylic acids is 2. The van der Waals surface area contributed by atoms with Gasteiger partial charge in [-0.3, -0.25) is 14.3 Å². The van der Waals surface area contributed by atoms with Gasteiger partial charge in [-0.1, -0.05) is 60.7 Å². The molecule has 0 aromatic heterocycles. The second-order valence-electron chi connectivity index (χ2n) is 9.05. The van der Waals surface area contributed by atoms with Gasteiger partial charge in [-0.15, -0.1) is 0 Å². The Balaban J connectivity index is 1.52. The summed E-state index contributed by atoms with van der Waals surface area (Å²) in [6, 6.07) is 29.7. The Morgan fingerprint density at radius 2 is 1.50 bits per heavy atom. The Labute approximate surface area is 232 Å². The molecule has 3 N–H and O–H groups in total. The molecule has 0 bridgehead atoms. The molecule has 0 saturated heterocycles. The number of hydrogen-bond acceptors (Lipinski definition) is 6. The van der Waals surface area contributed by atoms with E-state index in [1.165, 1.54) is 12.1 Å². The first-order valence-electron chi connectivity index (χ1n) is 12.7. The number of carbonyl (C=O) groups is 2. The highest BCUT2D eigenvalue weighted by atomic mass is 32.2. The smallest absolute Gasteiger partial charge is 0.310 e. The standard InChI is InChI=1S/C31H27N3O5S/c1-2-39-28(35)19-21-13-15-23(16-14-21)32-30(22-9-5-3-6-10-22)29-26-20-24(17-18-27(26)33-31(29)36)34-40(37,38)25-11-7-4-8-12-25/h3-18,20,32,34H,2,19H2,1H3,(H,33,36)/b30-29-. The zero-order chi connectivity index (χ0) is 28.1. The van der Waals surface area contributed by atoms with Gasteiger partial charge in [-0.25, -0.2) is 8.42 Å². The summed E-state index contributed by atoms with van der Waals surface area (Å²) in [5, 5.41) is 6.25. The van der Waals surface area contributed by atoms with Crippen LogP contribution in [0.25, 0.3) is 11.3 Å². The van der Waals surface area contributed by atoms with Gasteiger partial charge < -0.3 is 15.4 Å². The van der Waals surface area contributed by atoms with Crippen LogP contribution >= 0.6 is 0 Å². The van der Waals surface area contributed by atoms with E-state index in [9.17, 15) is 18.0 Å². The Hall–Kier alpha value is -4.89. The maximum Gasteiger partial charge on any atom is 0.310 e. The summed E-state index contributed by atoms with van der Waals surface area (Å²) < 4.78 is 33.5. The highest BCUT2D eigenvalue weighted by Gasteiger charge is 2.29. The fraction of sp³-hybridized carbons (Fsp3) is 0.0968. The van der Waals surface area contributed by atoms with Gasteiger partial charge >= 0.3 is 5.97 Å². The molecule has 0 saturated carbocycles. The molecule has 1 aliphatic rings. The molecular formula is C31H27N3O5S. The fourth-order valence-corrected chi connectivity index (χ4v) is 5.48. The summed E-state index contributed by atoms with van der Waals surface area (Å²) in [6.07, 6.45) is 0.165. The first-order valence-corrected chi connectivity index (χ1v) is 14.2. The van der Waals surface area contributed by atoms with Crippen LogP contribution in [0.2, 0.25) is 0 Å². The van der Waals surface area contributed by atoms with Crippen LogP contribution in [0.5, 0.6) is 0 Å². The van der Waals surface area contributed by atoms with Crippen molar-refractivity contribution in [3.8, 4) is 0 Å². The molecule has 40 heavy (non-hydrogen) atoms. The third kappa shape index (κ3) is 5.89. The Kier molecular flexibility index (Phi) is 7.65. The SMILES string of the molecule is CCOC(=O)Cc1ccc(N/C(=C2\C(=O)Nc3ccc(NS(=O)(=O)c4ccccc4)cc32)c2ccccc2)cc1. The summed E-state index contributed by atoms with van der Waals surface area (Å²) in [5.74, 6) is -0.614. The number of nitrogens with one attached hydrogen (secondary N) is 3. The van der Waals surface area contributed by atoms with Crippen molar-refractivity contribution in [3.63, 3.8) is 0 Å². The van der Waals surface area contributed by atoms with Crippen molar-refractivity contribution in [3.05, 3.63) is 120 Å². The molecule has 1 heterocycles. The quantitative estimate of drug-likeness (QED) is 0.186. The van der Waals surface area contributed by atoms with Gasteiger partial charge in [0.15, 0.2) is 0 Å². The second kappa shape index (κ2) is 11.5. The fourth-order valence-electron chi connectivity index (χ4n) is 4.41. The molecular weight excluding hydrogens is 526 g/mol. The highest BCUT2D eigenvalue weighted by molar-refractivity contribution is 7.92. The average Bonchev–Trinajstić information content (AvgIpc) is 3.28. The molecule has 1 amide bonds. The van der Waals surface area contributed by atoms with E-state index in [1.54, 1.807) is 43.3 Å². The van der Waals surface area contributed by atoms with Crippen LogP contribution in [0.1, 0.15) is 23.6 Å². The highest BCUT2D eigenvalue weighted by Crippen LogP contribution is 2.39. The van der Waals surface area contributed by atoms with Crippen molar-refractivity contribution in [2.45, 2.75) is 18.2 Å². The van der Waals surface area contributed by atoms with Crippen LogP contribution in [0.15, 0.2) is 108 Å². The molecule has 4 aromatic carbocycles. The van der Waals surface area contributed by atoms with Gasteiger partial charge in [0.25, 0.3) is 15.9 Å². The molecule has 0 unspecified atom stereocenters. The minimum absolute atomic E-state index is 0.138.